The third kappa shape index (κ3) is 3.21. The van der Waals surface area contributed by atoms with Gasteiger partial charge in [-0.25, -0.2) is 4.98 Å². The maximum absolute atomic E-state index is 8.76. The SMILES string of the molecule is Cc1nc(Cl)nc(NC(C)CCO)c1N. The Morgan fingerprint density at radius 2 is 2.20 bits per heavy atom. The van der Waals surface area contributed by atoms with Crippen molar-refractivity contribution < 1.29 is 5.11 Å². The number of rotatable bonds is 4. The second-order valence-electron chi connectivity index (χ2n) is 3.40. The highest BCUT2D eigenvalue weighted by Gasteiger charge is 2.09. The lowest BCUT2D eigenvalue weighted by molar-refractivity contribution is 0.282. The zero-order valence-electron chi connectivity index (χ0n) is 8.79. The number of aryl methyl sites for hydroxylation is 1. The van der Waals surface area contributed by atoms with Crippen LogP contribution in [0.2, 0.25) is 5.28 Å². The second kappa shape index (κ2) is 5.14. The summed E-state index contributed by atoms with van der Waals surface area (Å²) in [6.45, 7) is 3.82. The number of nitrogens with zero attached hydrogens (tertiary/aromatic N) is 2. The van der Waals surface area contributed by atoms with Crippen LogP contribution in [0.5, 0.6) is 0 Å². The molecule has 1 heterocycles. The molecule has 0 spiro atoms. The van der Waals surface area contributed by atoms with Gasteiger partial charge in [0.2, 0.25) is 5.28 Å². The van der Waals surface area contributed by atoms with E-state index in [-0.39, 0.29) is 17.9 Å². The summed E-state index contributed by atoms with van der Waals surface area (Å²) in [7, 11) is 0. The fraction of sp³-hybridized carbons (Fsp3) is 0.556. The minimum absolute atomic E-state index is 0.0858. The van der Waals surface area contributed by atoms with Crippen LogP contribution in [0.1, 0.15) is 19.0 Å². The Hall–Kier alpha value is -1.07. The Labute approximate surface area is 93.7 Å². The molecular formula is C9H15ClN4O. The van der Waals surface area contributed by atoms with E-state index in [1.54, 1.807) is 6.92 Å². The number of anilines is 2. The van der Waals surface area contributed by atoms with Crippen LogP contribution in [-0.4, -0.2) is 27.7 Å². The van der Waals surface area contributed by atoms with Crippen molar-refractivity contribution in [3.63, 3.8) is 0 Å². The Balaban J connectivity index is 2.84. The number of halogens is 1. The van der Waals surface area contributed by atoms with Gasteiger partial charge in [0, 0.05) is 12.6 Å². The van der Waals surface area contributed by atoms with Gasteiger partial charge in [0.15, 0.2) is 5.82 Å². The van der Waals surface area contributed by atoms with Crippen LogP contribution in [0, 0.1) is 6.92 Å². The highest BCUT2D eigenvalue weighted by Crippen LogP contribution is 2.21. The molecule has 0 radical (unpaired) electrons. The summed E-state index contributed by atoms with van der Waals surface area (Å²) in [4.78, 5) is 7.92. The van der Waals surface area contributed by atoms with Crippen LogP contribution in [0.4, 0.5) is 11.5 Å². The maximum atomic E-state index is 8.76. The first-order chi connectivity index (χ1) is 7.04. The lowest BCUT2D eigenvalue weighted by atomic mass is 10.2. The van der Waals surface area contributed by atoms with Crippen molar-refractivity contribution in [3.05, 3.63) is 11.0 Å². The van der Waals surface area contributed by atoms with Crippen LogP contribution in [0.3, 0.4) is 0 Å². The van der Waals surface area contributed by atoms with E-state index in [4.69, 9.17) is 22.4 Å². The molecule has 0 amide bonds. The average molecular weight is 231 g/mol. The van der Waals surface area contributed by atoms with Crippen molar-refractivity contribution in [2.75, 3.05) is 17.7 Å². The molecule has 0 fully saturated rings. The summed E-state index contributed by atoms with van der Waals surface area (Å²) in [6, 6.07) is 0.0858. The Bertz CT molecular complexity index is 345. The van der Waals surface area contributed by atoms with Crippen molar-refractivity contribution in [2.24, 2.45) is 0 Å². The van der Waals surface area contributed by atoms with Gasteiger partial charge in [0.1, 0.15) is 0 Å². The number of nitrogens with one attached hydrogen (secondary N) is 1. The third-order valence-electron chi connectivity index (χ3n) is 2.05. The number of hydrogen-bond acceptors (Lipinski definition) is 5. The van der Waals surface area contributed by atoms with Gasteiger partial charge in [0.25, 0.3) is 0 Å². The van der Waals surface area contributed by atoms with Gasteiger partial charge < -0.3 is 16.2 Å². The van der Waals surface area contributed by atoms with Gasteiger partial charge in [-0.15, -0.1) is 0 Å². The molecule has 1 rings (SSSR count). The van der Waals surface area contributed by atoms with E-state index < -0.39 is 0 Å². The molecule has 6 heteroatoms. The monoisotopic (exact) mass is 230 g/mol. The molecule has 1 unspecified atom stereocenters. The highest BCUT2D eigenvalue weighted by atomic mass is 35.5. The van der Waals surface area contributed by atoms with Gasteiger partial charge in [-0.1, -0.05) is 0 Å². The number of hydrogen-bond donors (Lipinski definition) is 3. The molecule has 0 saturated carbocycles. The smallest absolute Gasteiger partial charge is 0.224 e. The fourth-order valence-corrected chi connectivity index (χ4v) is 1.37. The number of aliphatic hydroxyl groups is 1. The van der Waals surface area contributed by atoms with Crippen LogP contribution in [0.25, 0.3) is 0 Å². The molecule has 15 heavy (non-hydrogen) atoms. The quantitative estimate of drug-likeness (QED) is 0.677. The van der Waals surface area contributed by atoms with Gasteiger partial charge in [0.05, 0.1) is 11.4 Å². The minimum Gasteiger partial charge on any atom is -0.396 e. The Kier molecular flexibility index (Phi) is 4.11. The molecular weight excluding hydrogens is 216 g/mol. The molecule has 0 aliphatic heterocycles. The van der Waals surface area contributed by atoms with E-state index in [9.17, 15) is 0 Å². The Morgan fingerprint density at radius 1 is 1.53 bits per heavy atom. The summed E-state index contributed by atoms with van der Waals surface area (Å²) in [6.07, 6.45) is 0.625. The fourth-order valence-electron chi connectivity index (χ4n) is 1.16. The van der Waals surface area contributed by atoms with Crippen molar-refractivity contribution >= 4 is 23.1 Å². The molecule has 0 aromatic carbocycles. The summed E-state index contributed by atoms with van der Waals surface area (Å²) in [5, 5.41) is 12.0. The summed E-state index contributed by atoms with van der Waals surface area (Å²) in [5.74, 6) is 0.522. The standard InChI is InChI=1S/C9H15ClN4O/c1-5(3-4-15)12-8-7(11)6(2)13-9(10)14-8/h5,15H,3-4,11H2,1-2H3,(H,12,13,14). The van der Waals surface area contributed by atoms with Crippen molar-refractivity contribution in [1.29, 1.82) is 0 Å². The minimum atomic E-state index is 0.0858. The van der Waals surface area contributed by atoms with E-state index in [1.807, 2.05) is 6.92 Å². The molecule has 1 aromatic heterocycles. The largest absolute Gasteiger partial charge is 0.396 e. The number of nitrogen functional groups attached to an aromatic ring is 1. The van der Waals surface area contributed by atoms with E-state index >= 15 is 0 Å². The number of aliphatic hydroxyl groups excluding tert-OH is 1. The van der Waals surface area contributed by atoms with E-state index in [0.717, 1.165) is 0 Å². The maximum Gasteiger partial charge on any atom is 0.224 e. The Morgan fingerprint density at radius 3 is 2.80 bits per heavy atom. The lowest BCUT2D eigenvalue weighted by Crippen LogP contribution is -2.19. The highest BCUT2D eigenvalue weighted by molar-refractivity contribution is 6.28. The van der Waals surface area contributed by atoms with Crippen molar-refractivity contribution in [2.45, 2.75) is 26.3 Å². The topological polar surface area (TPSA) is 84.1 Å². The predicted octanol–water partition coefficient (Wildman–Crippen LogP) is 1.20. The molecule has 5 nitrogen and oxygen atoms in total. The van der Waals surface area contributed by atoms with Crippen LogP contribution in [-0.2, 0) is 0 Å². The van der Waals surface area contributed by atoms with Crippen LogP contribution >= 0.6 is 11.6 Å². The first kappa shape index (κ1) is 12.0. The molecule has 0 saturated heterocycles. The van der Waals surface area contributed by atoms with Crippen molar-refractivity contribution in [1.82, 2.24) is 9.97 Å². The zero-order valence-corrected chi connectivity index (χ0v) is 9.54. The first-order valence-corrected chi connectivity index (χ1v) is 5.09. The van der Waals surface area contributed by atoms with Gasteiger partial charge in [-0.2, -0.15) is 4.98 Å². The molecule has 4 N–H and O–H groups in total. The lowest BCUT2D eigenvalue weighted by Gasteiger charge is -2.15. The number of aromatic nitrogens is 2. The van der Waals surface area contributed by atoms with Crippen LogP contribution in [0.15, 0.2) is 0 Å². The summed E-state index contributed by atoms with van der Waals surface area (Å²) >= 11 is 5.72. The predicted molar refractivity (Wildman–Crippen MR) is 61.0 cm³/mol. The normalized spacial score (nSPS) is 12.5. The molecule has 0 aliphatic carbocycles. The zero-order chi connectivity index (χ0) is 11.4. The van der Waals surface area contributed by atoms with Gasteiger partial charge in [-0.05, 0) is 31.9 Å². The summed E-state index contributed by atoms with van der Waals surface area (Å²) in [5.41, 5.74) is 6.92. The molecule has 0 bridgehead atoms. The third-order valence-corrected chi connectivity index (χ3v) is 2.22. The molecule has 0 aliphatic rings. The van der Waals surface area contributed by atoms with Gasteiger partial charge in [-0.3, -0.25) is 0 Å². The van der Waals surface area contributed by atoms with Gasteiger partial charge >= 0.3 is 0 Å². The molecule has 1 aromatic rings. The average Bonchev–Trinajstić information content (AvgIpc) is 2.13. The van der Waals surface area contributed by atoms with E-state index in [1.165, 1.54) is 0 Å². The van der Waals surface area contributed by atoms with E-state index in [0.29, 0.717) is 23.6 Å². The summed E-state index contributed by atoms with van der Waals surface area (Å²) < 4.78 is 0. The number of nitrogens with two attached hydrogens (primary N) is 1. The van der Waals surface area contributed by atoms with Crippen molar-refractivity contribution in [3.8, 4) is 0 Å². The van der Waals surface area contributed by atoms with Crippen LogP contribution < -0.4 is 11.1 Å². The first-order valence-electron chi connectivity index (χ1n) is 4.71. The second-order valence-corrected chi connectivity index (χ2v) is 3.74. The molecule has 84 valence electrons. The van der Waals surface area contributed by atoms with E-state index in [2.05, 4.69) is 15.3 Å². The molecule has 1 atom stereocenters.